The molecule has 4 nitrogen and oxygen atoms in total. The highest BCUT2D eigenvalue weighted by atomic mass is 16.6. The Bertz CT molecular complexity index is 368. The Balaban J connectivity index is 2.39. The Morgan fingerprint density at radius 3 is 2.58 bits per heavy atom. The Kier molecular flexibility index (Phi) is 5.58. The van der Waals surface area contributed by atoms with E-state index < -0.39 is 5.97 Å². The van der Waals surface area contributed by atoms with Gasteiger partial charge in [-0.3, -0.25) is 4.79 Å². The van der Waals surface area contributed by atoms with Crippen molar-refractivity contribution in [1.82, 2.24) is 0 Å². The van der Waals surface area contributed by atoms with E-state index in [1.54, 1.807) is 6.92 Å². The number of rotatable bonds is 5. The number of allylic oxidation sites excluding steroid dienone is 1. The second-order valence-electron chi connectivity index (χ2n) is 5.79. The highest BCUT2D eigenvalue weighted by Crippen LogP contribution is 2.35. The van der Waals surface area contributed by atoms with Crippen molar-refractivity contribution in [3.63, 3.8) is 0 Å². The van der Waals surface area contributed by atoms with Gasteiger partial charge in [-0.05, 0) is 37.2 Å². The molecule has 0 fully saturated rings. The summed E-state index contributed by atoms with van der Waals surface area (Å²) in [4.78, 5) is 22.5. The lowest BCUT2D eigenvalue weighted by molar-refractivity contribution is -0.160. The summed E-state index contributed by atoms with van der Waals surface area (Å²) in [6.07, 6.45) is 5.27. The second kappa shape index (κ2) is 6.73. The standard InChI is InChI=1S/C15H24O4/c1-5-13(16)18-10-14(17)19-11(2)12-6-8-15(3,4)9-7-12/h6,11H,5,7-10H2,1-4H3. The number of carbonyl (C=O) groups is 2. The monoisotopic (exact) mass is 268 g/mol. The van der Waals surface area contributed by atoms with Crippen molar-refractivity contribution in [2.45, 2.75) is 59.5 Å². The van der Waals surface area contributed by atoms with Gasteiger partial charge in [-0.15, -0.1) is 0 Å². The third-order valence-corrected chi connectivity index (χ3v) is 3.48. The van der Waals surface area contributed by atoms with Crippen LogP contribution in [0.1, 0.15) is 53.4 Å². The Hall–Kier alpha value is -1.32. The Morgan fingerprint density at radius 2 is 2.05 bits per heavy atom. The molecular weight excluding hydrogens is 244 g/mol. The second-order valence-corrected chi connectivity index (χ2v) is 5.79. The zero-order chi connectivity index (χ0) is 14.5. The van der Waals surface area contributed by atoms with E-state index in [1.165, 1.54) is 0 Å². The van der Waals surface area contributed by atoms with Gasteiger partial charge < -0.3 is 9.47 Å². The van der Waals surface area contributed by atoms with Gasteiger partial charge in [-0.25, -0.2) is 4.79 Å². The maximum absolute atomic E-state index is 11.5. The van der Waals surface area contributed by atoms with E-state index in [9.17, 15) is 9.59 Å². The molecular formula is C15H24O4. The van der Waals surface area contributed by atoms with Gasteiger partial charge in [-0.1, -0.05) is 26.8 Å². The van der Waals surface area contributed by atoms with Crippen LogP contribution in [-0.4, -0.2) is 24.6 Å². The summed E-state index contributed by atoms with van der Waals surface area (Å²) in [7, 11) is 0. The molecule has 1 rings (SSSR count). The summed E-state index contributed by atoms with van der Waals surface area (Å²) in [5.41, 5.74) is 1.50. The first kappa shape index (κ1) is 15.7. The van der Waals surface area contributed by atoms with Crippen molar-refractivity contribution in [2.24, 2.45) is 5.41 Å². The largest absolute Gasteiger partial charge is 0.456 e. The van der Waals surface area contributed by atoms with E-state index in [2.05, 4.69) is 19.9 Å². The highest BCUT2D eigenvalue weighted by molar-refractivity contribution is 5.76. The van der Waals surface area contributed by atoms with Crippen LogP contribution < -0.4 is 0 Å². The summed E-state index contributed by atoms with van der Waals surface area (Å²) in [5.74, 6) is -0.872. The minimum atomic E-state index is -0.486. The Labute approximate surface area is 115 Å². The maximum Gasteiger partial charge on any atom is 0.344 e. The van der Waals surface area contributed by atoms with Crippen molar-refractivity contribution < 1.29 is 19.1 Å². The van der Waals surface area contributed by atoms with Gasteiger partial charge in [0.1, 0.15) is 6.10 Å². The summed E-state index contributed by atoms with van der Waals surface area (Å²) in [6.45, 7) is 7.73. The average Bonchev–Trinajstić information content (AvgIpc) is 2.35. The molecule has 0 saturated carbocycles. The van der Waals surface area contributed by atoms with Crippen LogP contribution in [0.3, 0.4) is 0 Å². The van der Waals surface area contributed by atoms with Crippen molar-refractivity contribution in [2.75, 3.05) is 6.61 Å². The number of hydrogen-bond acceptors (Lipinski definition) is 4. The number of ether oxygens (including phenoxy) is 2. The fourth-order valence-electron chi connectivity index (χ4n) is 2.01. The predicted octanol–water partition coefficient (Wildman–Crippen LogP) is 3.01. The minimum absolute atomic E-state index is 0.232. The van der Waals surface area contributed by atoms with Crippen molar-refractivity contribution in [1.29, 1.82) is 0 Å². The first-order chi connectivity index (χ1) is 8.84. The third-order valence-electron chi connectivity index (χ3n) is 3.48. The zero-order valence-electron chi connectivity index (χ0n) is 12.3. The van der Waals surface area contributed by atoms with Crippen LogP contribution in [0.2, 0.25) is 0 Å². The maximum atomic E-state index is 11.5. The van der Waals surface area contributed by atoms with Gasteiger partial charge in [0.15, 0.2) is 6.61 Å². The quantitative estimate of drug-likeness (QED) is 0.568. The SMILES string of the molecule is CCC(=O)OCC(=O)OC(C)C1=CCC(C)(C)CC1. The summed E-state index contributed by atoms with van der Waals surface area (Å²) in [5, 5.41) is 0. The van der Waals surface area contributed by atoms with Crippen LogP contribution >= 0.6 is 0 Å². The molecule has 0 aliphatic heterocycles. The lowest BCUT2D eigenvalue weighted by atomic mass is 9.77. The van der Waals surface area contributed by atoms with E-state index in [0.717, 1.165) is 24.8 Å². The average molecular weight is 268 g/mol. The smallest absolute Gasteiger partial charge is 0.344 e. The predicted molar refractivity (Wildman–Crippen MR) is 72.5 cm³/mol. The molecule has 0 bridgehead atoms. The first-order valence-corrected chi connectivity index (χ1v) is 6.88. The third kappa shape index (κ3) is 5.45. The molecule has 0 spiro atoms. The van der Waals surface area contributed by atoms with Crippen LogP contribution in [0.4, 0.5) is 0 Å². The van der Waals surface area contributed by atoms with E-state index in [4.69, 9.17) is 9.47 Å². The Morgan fingerprint density at radius 1 is 1.37 bits per heavy atom. The fraction of sp³-hybridized carbons (Fsp3) is 0.733. The molecule has 0 amide bonds. The lowest BCUT2D eigenvalue weighted by Crippen LogP contribution is -2.25. The van der Waals surface area contributed by atoms with E-state index in [0.29, 0.717) is 5.41 Å². The number of hydrogen-bond donors (Lipinski definition) is 0. The summed E-state index contributed by atoms with van der Waals surface area (Å²) >= 11 is 0. The number of carbonyl (C=O) groups excluding carboxylic acids is 2. The van der Waals surface area contributed by atoms with E-state index in [1.807, 2.05) is 6.92 Å². The highest BCUT2D eigenvalue weighted by Gasteiger charge is 2.25. The van der Waals surface area contributed by atoms with Gasteiger partial charge >= 0.3 is 11.9 Å². The van der Waals surface area contributed by atoms with Gasteiger partial charge in [0.05, 0.1) is 0 Å². The van der Waals surface area contributed by atoms with E-state index in [-0.39, 0.29) is 25.1 Å². The lowest BCUT2D eigenvalue weighted by Gasteiger charge is -2.30. The molecule has 1 aliphatic carbocycles. The molecule has 19 heavy (non-hydrogen) atoms. The minimum Gasteiger partial charge on any atom is -0.456 e. The molecule has 1 aliphatic rings. The molecule has 0 N–H and O–H groups in total. The van der Waals surface area contributed by atoms with Crippen LogP contribution in [0.25, 0.3) is 0 Å². The normalized spacial score (nSPS) is 19.3. The van der Waals surface area contributed by atoms with Gasteiger partial charge in [0.2, 0.25) is 0 Å². The van der Waals surface area contributed by atoms with Crippen LogP contribution in [0.15, 0.2) is 11.6 Å². The molecule has 0 radical (unpaired) electrons. The molecule has 0 aromatic rings. The molecule has 108 valence electrons. The zero-order valence-corrected chi connectivity index (χ0v) is 12.3. The fourth-order valence-corrected chi connectivity index (χ4v) is 2.01. The molecule has 0 saturated heterocycles. The van der Waals surface area contributed by atoms with Gasteiger partial charge in [-0.2, -0.15) is 0 Å². The molecule has 0 heterocycles. The molecule has 0 aromatic heterocycles. The van der Waals surface area contributed by atoms with Crippen LogP contribution in [0.5, 0.6) is 0 Å². The first-order valence-electron chi connectivity index (χ1n) is 6.88. The van der Waals surface area contributed by atoms with E-state index >= 15 is 0 Å². The molecule has 1 unspecified atom stereocenters. The summed E-state index contributed by atoms with van der Waals surface area (Å²) < 4.78 is 10.0. The number of esters is 2. The molecule has 4 heteroatoms. The van der Waals surface area contributed by atoms with Crippen molar-refractivity contribution in [3.8, 4) is 0 Å². The molecule has 1 atom stereocenters. The topological polar surface area (TPSA) is 52.6 Å². The van der Waals surface area contributed by atoms with Gasteiger partial charge in [0, 0.05) is 6.42 Å². The van der Waals surface area contributed by atoms with Gasteiger partial charge in [0.25, 0.3) is 0 Å². The van der Waals surface area contributed by atoms with Crippen LogP contribution in [0, 0.1) is 5.41 Å². The van der Waals surface area contributed by atoms with Crippen molar-refractivity contribution >= 4 is 11.9 Å². The molecule has 0 aromatic carbocycles. The summed E-state index contributed by atoms with van der Waals surface area (Å²) in [6, 6.07) is 0. The van der Waals surface area contributed by atoms with Crippen LogP contribution in [-0.2, 0) is 19.1 Å². The van der Waals surface area contributed by atoms with Crippen molar-refractivity contribution in [3.05, 3.63) is 11.6 Å².